The van der Waals surface area contributed by atoms with Crippen molar-refractivity contribution in [1.82, 2.24) is 9.88 Å². The highest BCUT2D eigenvalue weighted by atomic mass is 16.2. The molecule has 46 heavy (non-hydrogen) atoms. The van der Waals surface area contributed by atoms with Gasteiger partial charge in [0.15, 0.2) is 5.78 Å². The summed E-state index contributed by atoms with van der Waals surface area (Å²) in [6, 6.07) is 20.4. The second-order valence-corrected chi connectivity index (χ2v) is 13.6. The van der Waals surface area contributed by atoms with Crippen molar-refractivity contribution in [3.63, 3.8) is 0 Å². The van der Waals surface area contributed by atoms with Gasteiger partial charge >= 0.3 is 0 Å². The Balaban J connectivity index is 1.27. The van der Waals surface area contributed by atoms with E-state index in [1.807, 2.05) is 41.3 Å². The smallest absolute Gasteiger partial charge is 0.252 e. The third-order valence-corrected chi connectivity index (χ3v) is 10.7. The molecule has 0 spiro atoms. The predicted octanol–water partition coefficient (Wildman–Crippen LogP) is 8.14. The van der Waals surface area contributed by atoms with Crippen molar-refractivity contribution in [2.45, 2.75) is 89.6 Å². The van der Waals surface area contributed by atoms with Gasteiger partial charge in [-0.2, -0.15) is 0 Å². The van der Waals surface area contributed by atoms with Crippen molar-refractivity contribution in [3.05, 3.63) is 95.1 Å². The summed E-state index contributed by atoms with van der Waals surface area (Å²) in [6.45, 7) is 8.73. The second-order valence-electron chi connectivity index (χ2n) is 13.6. The number of nitrogens with one attached hydrogen (secondary N) is 1. The highest BCUT2D eigenvalue weighted by molar-refractivity contribution is 6.05. The van der Waals surface area contributed by atoms with Gasteiger partial charge in [-0.3, -0.25) is 14.4 Å². The monoisotopic (exact) mass is 613 g/mol. The lowest BCUT2D eigenvalue weighted by atomic mass is 9.72. The Morgan fingerprint density at radius 1 is 0.935 bits per heavy atom. The number of carbonyl (C=O) groups is 3. The second kappa shape index (κ2) is 12.1. The molecule has 236 valence electrons. The van der Waals surface area contributed by atoms with Crippen LogP contribution in [-0.4, -0.2) is 34.2 Å². The molecular weight excluding hydrogens is 570 g/mol. The predicted molar refractivity (Wildman–Crippen MR) is 185 cm³/mol. The molecule has 0 radical (unpaired) electrons. The first-order valence-corrected chi connectivity index (χ1v) is 16.9. The number of aromatic nitrogens is 1. The van der Waals surface area contributed by atoms with Crippen LogP contribution in [0.1, 0.15) is 96.8 Å². The summed E-state index contributed by atoms with van der Waals surface area (Å²) in [4.78, 5) is 42.3. The van der Waals surface area contributed by atoms with Gasteiger partial charge in [-0.05, 0) is 85.4 Å². The SMILES string of the molecule is C=Cc1ccc(CC(=O)C2(NC(=O)c3ccc4c(C5CCCCC5)c5n(c4c3)CCN(C(C)=O)c3cc(C)ccc3-5)CCC2)cc1. The van der Waals surface area contributed by atoms with Gasteiger partial charge in [0.2, 0.25) is 5.91 Å². The van der Waals surface area contributed by atoms with Crippen molar-refractivity contribution < 1.29 is 14.4 Å². The Bertz CT molecular complexity index is 1850. The number of aryl methyl sites for hydroxylation is 1. The zero-order valence-electron chi connectivity index (χ0n) is 27.0. The van der Waals surface area contributed by atoms with Crippen LogP contribution in [0.3, 0.4) is 0 Å². The topological polar surface area (TPSA) is 71.4 Å². The standard InChI is InChI=1S/C40H43N3O3/c1-4-28-12-14-29(15-13-28)24-36(45)40(19-8-20-40)41-39(46)31-16-18-32-35(25-31)43-22-21-42(27(3)44)34-23-26(2)11-17-33(34)38(43)37(32)30-9-6-5-7-10-30/h4,11-18,23,25,30H,1,5-10,19-22,24H2,2-3H3,(H,41,46). The first-order chi connectivity index (χ1) is 22.3. The van der Waals surface area contributed by atoms with E-state index in [4.69, 9.17) is 0 Å². The lowest BCUT2D eigenvalue weighted by molar-refractivity contribution is -0.127. The molecule has 3 aliphatic rings. The molecule has 0 atom stereocenters. The number of Topliss-reactive ketones (excluding diaryl/α,β-unsaturated/α-hetero) is 1. The third kappa shape index (κ3) is 5.28. The summed E-state index contributed by atoms with van der Waals surface area (Å²) in [7, 11) is 0. The molecule has 2 heterocycles. The van der Waals surface area contributed by atoms with E-state index < -0.39 is 5.54 Å². The largest absolute Gasteiger partial charge is 0.340 e. The van der Waals surface area contributed by atoms with Crippen LogP contribution < -0.4 is 10.2 Å². The summed E-state index contributed by atoms with van der Waals surface area (Å²) in [5.74, 6) is 0.323. The van der Waals surface area contributed by atoms with Crippen LogP contribution in [0.15, 0.2) is 67.2 Å². The fraction of sp³-hybridized carbons (Fsp3) is 0.375. The first-order valence-electron chi connectivity index (χ1n) is 16.9. The summed E-state index contributed by atoms with van der Waals surface area (Å²) < 4.78 is 2.35. The summed E-state index contributed by atoms with van der Waals surface area (Å²) in [5, 5.41) is 4.39. The average molecular weight is 614 g/mol. The van der Waals surface area contributed by atoms with E-state index in [2.05, 4.69) is 47.7 Å². The summed E-state index contributed by atoms with van der Waals surface area (Å²) in [6.07, 6.45) is 10.3. The minimum atomic E-state index is -0.828. The van der Waals surface area contributed by atoms with Crippen LogP contribution in [-0.2, 0) is 22.6 Å². The number of amides is 2. The molecule has 0 saturated heterocycles. The van der Waals surface area contributed by atoms with Gasteiger partial charge in [-0.25, -0.2) is 0 Å². The van der Waals surface area contributed by atoms with Crippen LogP contribution in [0.2, 0.25) is 0 Å². The van der Waals surface area contributed by atoms with Gasteiger partial charge in [-0.1, -0.05) is 74.4 Å². The fourth-order valence-electron chi connectivity index (χ4n) is 7.98. The van der Waals surface area contributed by atoms with E-state index in [9.17, 15) is 14.4 Å². The lowest BCUT2D eigenvalue weighted by Gasteiger charge is -2.41. The number of ketones is 1. The molecule has 2 aliphatic carbocycles. The molecule has 6 heteroatoms. The van der Waals surface area contributed by atoms with Gasteiger partial charge in [0.05, 0.1) is 16.9 Å². The van der Waals surface area contributed by atoms with Gasteiger partial charge in [0, 0.05) is 48.5 Å². The van der Waals surface area contributed by atoms with E-state index >= 15 is 0 Å². The Labute approximate surface area is 271 Å². The third-order valence-electron chi connectivity index (χ3n) is 10.7. The maximum Gasteiger partial charge on any atom is 0.252 e. The first kappa shape index (κ1) is 30.2. The molecular formula is C40H43N3O3. The quantitative estimate of drug-likeness (QED) is 0.229. The molecule has 0 unspecified atom stereocenters. The van der Waals surface area contributed by atoms with Crippen molar-refractivity contribution >= 4 is 40.3 Å². The number of nitrogens with zero attached hydrogens (tertiary/aromatic N) is 2. The molecule has 4 aromatic rings. The van der Waals surface area contributed by atoms with Crippen molar-refractivity contribution in [2.24, 2.45) is 0 Å². The van der Waals surface area contributed by atoms with Crippen molar-refractivity contribution in [1.29, 1.82) is 0 Å². The summed E-state index contributed by atoms with van der Waals surface area (Å²) >= 11 is 0. The zero-order chi connectivity index (χ0) is 32.0. The minimum Gasteiger partial charge on any atom is -0.340 e. The molecule has 3 aromatic carbocycles. The van der Waals surface area contributed by atoms with Gasteiger partial charge in [0.25, 0.3) is 5.91 Å². The Morgan fingerprint density at radius 3 is 2.37 bits per heavy atom. The van der Waals surface area contributed by atoms with Crippen molar-refractivity contribution in [2.75, 3.05) is 11.4 Å². The van der Waals surface area contributed by atoms with Crippen LogP contribution in [0.4, 0.5) is 5.69 Å². The average Bonchev–Trinajstić information content (AvgIpc) is 3.26. The van der Waals surface area contributed by atoms with Gasteiger partial charge in [0.1, 0.15) is 0 Å². The Kier molecular flexibility index (Phi) is 7.92. The zero-order valence-corrected chi connectivity index (χ0v) is 27.0. The minimum absolute atomic E-state index is 0.0355. The molecule has 2 saturated carbocycles. The van der Waals surface area contributed by atoms with Crippen LogP contribution in [0.5, 0.6) is 0 Å². The molecule has 1 aromatic heterocycles. The van der Waals surface area contributed by atoms with E-state index in [0.717, 1.165) is 52.7 Å². The number of fused-ring (bicyclic) bond motifs is 5. The number of benzene rings is 3. The van der Waals surface area contributed by atoms with Crippen LogP contribution in [0.25, 0.3) is 28.2 Å². The number of rotatable bonds is 7. The Hall–Kier alpha value is -4.45. The number of carbonyl (C=O) groups excluding carboxylic acids is 3. The maximum atomic E-state index is 13.9. The molecule has 6 nitrogen and oxygen atoms in total. The lowest BCUT2D eigenvalue weighted by Crippen LogP contribution is -2.59. The van der Waals surface area contributed by atoms with E-state index in [0.29, 0.717) is 43.8 Å². The normalized spacial score (nSPS) is 17.4. The Morgan fingerprint density at radius 2 is 1.70 bits per heavy atom. The fourth-order valence-corrected chi connectivity index (χ4v) is 7.98. The molecule has 1 N–H and O–H groups in total. The van der Waals surface area contributed by atoms with Gasteiger partial charge in [-0.15, -0.1) is 0 Å². The molecule has 2 amide bonds. The van der Waals surface area contributed by atoms with Gasteiger partial charge < -0.3 is 14.8 Å². The highest BCUT2D eigenvalue weighted by Crippen LogP contribution is 2.47. The molecule has 0 bridgehead atoms. The molecule has 7 rings (SSSR count). The van der Waals surface area contributed by atoms with Crippen LogP contribution >= 0.6 is 0 Å². The molecule has 1 aliphatic heterocycles. The number of hydrogen-bond acceptors (Lipinski definition) is 3. The molecule has 2 fully saturated rings. The van der Waals surface area contributed by atoms with Crippen molar-refractivity contribution in [3.8, 4) is 11.3 Å². The van der Waals surface area contributed by atoms with E-state index in [-0.39, 0.29) is 17.6 Å². The van der Waals surface area contributed by atoms with E-state index in [1.165, 1.54) is 35.9 Å². The number of anilines is 1. The van der Waals surface area contributed by atoms with Crippen LogP contribution in [0, 0.1) is 6.92 Å². The summed E-state index contributed by atoms with van der Waals surface area (Å²) in [5.41, 5.74) is 8.43. The maximum absolute atomic E-state index is 13.9. The number of hydrogen-bond donors (Lipinski definition) is 1. The van der Waals surface area contributed by atoms with E-state index in [1.54, 1.807) is 13.0 Å². The highest BCUT2D eigenvalue weighted by Gasteiger charge is 2.45.